The Hall–Kier alpha value is -14.0. The number of nitrogens with zero attached hydrogens (tertiary/aromatic N) is 10. The summed E-state index contributed by atoms with van der Waals surface area (Å²) in [5, 5.41) is 0. The molecule has 5 aromatic heterocycles. The fourth-order valence-corrected chi connectivity index (χ4v) is 13.1. The van der Waals surface area contributed by atoms with Crippen molar-refractivity contribution in [1.82, 2.24) is 39.7 Å². The molecule has 5 heterocycles. The molecular formula is C93H74N10O4. The van der Waals surface area contributed by atoms with Crippen LogP contribution in [-0.2, 0) is 0 Å². The van der Waals surface area contributed by atoms with Crippen LogP contribution in [0.15, 0.2) is 346 Å². The Kier molecular flexibility index (Phi) is 20.8. The Morgan fingerprint density at radius 1 is 0.308 bits per heavy atom. The van der Waals surface area contributed by atoms with E-state index in [1.54, 1.807) is 78.9 Å². The number of carbonyl (C=O) groups excluding carboxylic acids is 4. The Bertz CT molecular complexity index is 5470. The van der Waals surface area contributed by atoms with Gasteiger partial charge in [-0.15, -0.1) is 0 Å². The standard InChI is InChI=1S/C93H74N10O4/c1-62(55-77(101(4)91(105)73-45-37-67(38-46-73)85-24-12-16-52-95-85)56-63(2)100(3)90(104)72-43-35-66(36-44-72)84-23-11-15-51-94-84)80-19-7-8-20-81(80)64-27-31-70(32-28-64)88-60-89(99-61-98-88)71-33-29-65(30-34-71)82-21-9-10-22-83(82)76-57-78(102(5)92(106)74-47-39-68(40-48-74)86-25-13-17-53-96-86)59-79(58-76)103(6)93(107)75-49-41-69(42-50-75)87-26-14-18-54-97-87/h7-62H,1-6H3/b63-56+,77-55+. The third-order valence-electron chi connectivity index (χ3n) is 19.3. The molecule has 14 heteroatoms. The molecule has 0 aliphatic rings. The molecule has 0 spiro atoms. The molecule has 14 nitrogen and oxygen atoms in total. The van der Waals surface area contributed by atoms with Crippen LogP contribution in [0.5, 0.6) is 0 Å². The zero-order valence-corrected chi connectivity index (χ0v) is 59.9. The molecule has 0 N–H and O–H groups in total. The lowest BCUT2D eigenvalue weighted by molar-refractivity contribution is 0.0835. The van der Waals surface area contributed by atoms with E-state index in [4.69, 9.17) is 9.97 Å². The van der Waals surface area contributed by atoms with Crippen LogP contribution < -0.4 is 9.80 Å². The molecule has 107 heavy (non-hydrogen) atoms. The van der Waals surface area contributed by atoms with Crippen molar-refractivity contribution in [3.8, 4) is 101 Å². The number of likely N-dealkylation sites (N-methyl/N-ethyl adjacent to an activating group) is 1. The molecule has 9 aromatic carbocycles. The van der Waals surface area contributed by atoms with Crippen LogP contribution >= 0.6 is 0 Å². The summed E-state index contributed by atoms with van der Waals surface area (Å²) in [5.74, 6) is -1.07. The second kappa shape index (κ2) is 31.7. The first-order valence-electron chi connectivity index (χ1n) is 35.1. The second-order valence-electron chi connectivity index (χ2n) is 26.1. The maximum Gasteiger partial charge on any atom is 0.258 e. The fraction of sp³-hybridized carbons (Fsp3) is 0.0753. The normalized spacial score (nSPS) is 11.7. The predicted molar refractivity (Wildman–Crippen MR) is 428 cm³/mol. The molecule has 0 bridgehead atoms. The van der Waals surface area contributed by atoms with E-state index in [0.717, 1.165) is 106 Å². The van der Waals surface area contributed by atoms with E-state index in [-0.39, 0.29) is 29.5 Å². The quantitative estimate of drug-likeness (QED) is 0.0672. The molecule has 0 fully saturated rings. The van der Waals surface area contributed by atoms with Crippen molar-refractivity contribution in [1.29, 1.82) is 0 Å². The minimum atomic E-state index is -0.220. The van der Waals surface area contributed by atoms with Crippen LogP contribution in [0.3, 0.4) is 0 Å². The molecular weight excluding hydrogens is 1320 g/mol. The van der Waals surface area contributed by atoms with Crippen LogP contribution in [0.1, 0.15) is 66.8 Å². The Morgan fingerprint density at radius 2 is 0.626 bits per heavy atom. The molecule has 14 aromatic rings. The maximum absolute atomic E-state index is 14.6. The largest absolute Gasteiger partial charge is 0.315 e. The smallest absolute Gasteiger partial charge is 0.258 e. The monoisotopic (exact) mass is 1390 g/mol. The molecule has 0 saturated carbocycles. The minimum Gasteiger partial charge on any atom is -0.315 e. The van der Waals surface area contributed by atoms with Gasteiger partial charge in [-0.1, -0.05) is 183 Å². The van der Waals surface area contributed by atoms with Gasteiger partial charge in [0.25, 0.3) is 23.6 Å². The molecule has 14 rings (SSSR count). The highest BCUT2D eigenvalue weighted by atomic mass is 16.2. The number of rotatable bonds is 20. The highest BCUT2D eigenvalue weighted by Crippen LogP contribution is 2.40. The van der Waals surface area contributed by atoms with Gasteiger partial charge < -0.3 is 19.6 Å². The van der Waals surface area contributed by atoms with E-state index in [2.05, 4.69) is 106 Å². The van der Waals surface area contributed by atoms with Crippen molar-refractivity contribution in [2.75, 3.05) is 38.0 Å². The first-order chi connectivity index (χ1) is 52.2. The minimum absolute atomic E-state index is 0.198. The molecule has 4 amide bonds. The van der Waals surface area contributed by atoms with Gasteiger partial charge in [-0.05, 0) is 173 Å². The topological polar surface area (TPSA) is 159 Å². The fourth-order valence-electron chi connectivity index (χ4n) is 13.1. The third kappa shape index (κ3) is 15.7. The maximum atomic E-state index is 14.6. The molecule has 0 radical (unpaired) electrons. The van der Waals surface area contributed by atoms with Gasteiger partial charge >= 0.3 is 0 Å². The average molecular weight is 1400 g/mol. The van der Waals surface area contributed by atoms with Crippen molar-refractivity contribution in [3.63, 3.8) is 0 Å². The summed E-state index contributed by atoms with van der Waals surface area (Å²) in [6.07, 6.45) is 12.5. The number of carbonyl (C=O) groups is 4. The summed E-state index contributed by atoms with van der Waals surface area (Å²) in [7, 11) is 7.02. The Morgan fingerprint density at radius 3 is 1.02 bits per heavy atom. The summed E-state index contributed by atoms with van der Waals surface area (Å²) in [6.45, 7) is 3.99. The van der Waals surface area contributed by atoms with Crippen molar-refractivity contribution in [3.05, 3.63) is 374 Å². The summed E-state index contributed by atoms with van der Waals surface area (Å²) in [6, 6.07) is 93.6. The Balaban J connectivity index is 0.720. The number of allylic oxidation sites excluding steroid dienone is 3. The molecule has 0 saturated heterocycles. The van der Waals surface area contributed by atoms with E-state index in [9.17, 15) is 19.2 Å². The number of benzene rings is 9. The summed E-state index contributed by atoms with van der Waals surface area (Å²) in [4.78, 5) is 91.7. The van der Waals surface area contributed by atoms with Crippen molar-refractivity contribution >= 4 is 35.0 Å². The first-order valence-corrected chi connectivity index (χ1v) is 35.1. The summed E-state index contributed by atoms with van der Waals surface area (Å²) < 4.78 is 0. The van der Waals surface area contributed by atoms with Crippen LogP contribution in [0.25, 0.3) is 101 Å². The van der Waals surface area contributed by atoms with Gasteiger partial charge in [-0.2, -0.15) is 0 Å². The highest BCUT2D eigenvalue weighted by Gasteiger charge is 2.24. The van der Waals surface area contributed by atoms with Crippen LogP contribution in [-0.4, -0.2) is 91.5 Å². The zero-order valence-electron chi connectivity index (χ0n) is 59.9. The van der Waals surface area contributed by atoms with E-state index in [1.807, 2.05) is 231 Å². The van der Waals surface area contributed by atoms with Gasteiger partial charge in [0.2, 0.25) is 0 Å². The van der Waals surface area contributed by atoms with E-state index < -0.39 is 0 Å². The summed E-state index contributed by atoms with van der Waals surface area (Å²) in [5.41, 5.74) is 21.2. The molecule has 0 aliphatic heterocycles. The average Bonchev–Trinajstić information content (AvgIpc) is 0.790. The van der Waals surface area contributed by atoms with E-state index in [1.165, 1.54) is 0 Å². The van der Waals surface area contributed by atoms with Gasteiger partial charge in [-0.25, -0.2) is 9.97 Å². The lowest BCUT2D eigenvalue weighted by Crippen LogP contribution is -2.28. The van der Waals surface area contributed by atoms with E-state index >= 15 is 0 Å². The van der Waals surface area contributed by atoms with Crippen molar-refractivity contribution in [2.45, 2.75) is 19.8 Å². The molecule has 0 aliphatic carbocycles. The van der Waals surface area contributed by atoms with Crippen LogP contribution in [0.2, 0.25) is 0 Å². The number of anilines is 2. The lowest BCUT2D eigenvalue weighted by atomic mass is 9.90. The second-order valence-corrected chi connectivity index (χ2v) is 26.1. The molecule has 1 unspecified atom stereocenters. The number of amides is 4. The van der Waals surface area contributed by atoms with Gasteiger partial charge in [0, 0.05) is 137 Å². The highest BCUT2D eigenvalue weighted by molar-refractivity contribution is 6.09. The summed E-state index contributed by atoms with van der Waals surface area (Å²) >= 11 is 0. The van der Waals surface area contributed by atoms with Gasteiger partial charge in [0.15, 0.2) is 0 Å². The van der Waals surface area contributed by atoms with E-state index in [0.29, 0.717) is 45.0 Å². The molecule has 520 valence electrons. The van der Waals surface area contributed by atoms with Crippen molar-refractivity contribution < 1.29 is 19.2 Å². The number of aromatic nitrogens is 6. The van der Waals surface area contributed by atoms with Gasteiger partial charge in [-0.3, -0.25) is 39.1 Å². The Labute approximate surface area is 622 Å². The molecule has 1 atom stereocenters. The first kappa shape index (κ1) is 70.1. The predicted octanol–water partition coefficient (Wildman–Crippen LogP) is 20.0. The lowest BCUT2D eigenvalue weighted by Gasteiger charge is -2.24. The van der Waals surface area contributed by atoms with Crippen LogP contribution in [0, 0.1) is 0 Å². The zero-order chi connectivity index (χ0) is 73.9. The van der Waals surface area contributed by atoms with Crippen molar-refractivity contribution in [2.24, 2.45) is 0 Å². The number of pyridine rings is 4. The number of hydrogen-bond acceptors (Lipinski definition) is 10. The van der Waals surface area contributed by atoms with Gasteiger partial charge in [0.1, 0.15) is 6.33 Å². The van der Waals surface area contributed by atoms with Gasteiger partial charge in [0.05, 0.1) is 34.2 Å². The number of hydrogen-bond donors (Lipinski definition) is 0. The third-order valence-corrected chi connectivity index (χ3v) is 19.3. The SMILES string of the molecule is C/C(=C\C(=C/C(C)c1ccccc1-c1ccc(-c2cc(-c3ccc(-c4ccccc4-c4cc(N(C)C(=O)c5ccc(-c6ccccn6)cc5)cc(N(C)C(=O)c5ccc(-c6ccccn6)cc5)c4)cc3)ncn2)cc1)N(C)C(=O)c1ccc(-c2ccccn2)cc1)N(C)C(=O)c1ccc(-c2ccccn2)cc1. The van der Waals surface area contributed by atoms with Crippen LogP contribution in [0.4, 0.5) is 11.4 Å².